The smallest absolute Gasteiger partial charge is 0.223 e. The van der Waals surface area contributed by atoms with E-state index in [1.54, 1.807) is 0 Å². The molecule has 0 aliphatic carbocycles. The van der Waals surface area contributed by atoms with Crippen LogP contribution in [0.4, 0.5) is 5.69 Å². The monoisotopic (exact) mass is 447 g/mol. The van der Waals surface area contributed by atoms with Crippen molar-refractivity contribution in [3.8, 4) is 0 Å². The van der Waals surface area contributed by atoms with E-state index in [-0.39, 0.29) is 5.91 Å². The molecule has 176 valence electrons. The third-order valence-electron chi connectivity index (χ3n) is 6.63. The maximum absolute atomic E-state index is 12.5. The number of hydrogen-bond acceptors (Lipinski definition) is 3. The van der Waals surface area contributed by atoms with Crippen molar-refractivity contribution in [1.82, 2.24) is 15.5 Å². The fraction of sp³-hybridized carbons (Fsp3) is 0.481. The highest BCUT2D eigenvalue weighted by molar-refractivity contribution is 5.80. The van der Waals surface area contributed by atoms with Gasteiger partial charge in [-0.15, -0.1) is 0 Å². The van der Waals surface area contributed by atoms with Gasteiger partial charge >= 0.3 is 0 Å². The molecule has 0 bridgehead atoms. The summed E-state index contributed by atoms with van der Waals surface area (Å²) in [7, 11) is 0. The lowest BCUT2D eigenvalue weighted by Crippen LogP contribution is -2.40. The van der Waals surface area contributed by atoms with E-state index in [9.17, 15) is 4.79 Å². The van der Waals surface area contributed by atoms with Gasteiger partial charge < -0.3 is 20.4 Å². The number of rotatable bonds is 9. The van der Waals surface area contributed by atoms with Crippen LogP contribution in [-0.4, -0.2) is 62.6 Å². The molecular weight excluding hydrogens is 410 g/mol. The lowest BCUT2D eigenvalue weighted by atomic mass is 10.1. The predicted octanol–water partition coefficient (Wildman–Crippen LogP) is 3.16. The molecule has 0 saturated carbocycles. The molecule has 2 atom stereocenters. The van der Waals surface area contributed by atoms with Crippen LogP contribution in [0.25, 0.3) is 0 Å². The minimum atomic E-state index is 0.260. The average Bonchev–Trinajstić information content (AvgIpc) is 3.47. The number of anilines is 1. The number of carbonyl (C=O) groups excluding carboxylic acids is 1. The van der Waals surface area contributed by atoms with Gasteiger partial charge in [0.15, 0.2) is 5.96 Å². The van der Waals surface area contributed by atoms with E-state index in [0.717, 1.165) is 51.6 Å². The summed E-state index contributed by atoms with van der Waals surface area (Å²) in [5, 5.41) is 6.91. The molecule has 2 aliphatic heterocycles. The van der Waals surface area contributed by atoms with Gasteiger partial charge in [-0.25, -0.2) is 0 Å². The first kappa shape index (κ1) is 23.1. The molecule has 0 aromatic heterocycles. The number of aliphatic imine (C=N–C) groups is 1. The van der Waals surface area contributed by atoms with E-state index in [4.69, 9.17) is 4.99 Å². The zero-order valence-corrected chi connectivity index (χ0v) is 19.7. The third kappa shape index (κ3) is 6.73. The second kappa shape index (κ2) is 11.7. The van der Waals surface area contributed by atoms with E-state index in [2.05, 4.69) is 77.1 Å². The number of nitrogens with zero attached hydrogens (tertiary/aromatic N) is 3. The first-order valence-electron chi connectivity index (χ1n) is 12.3. The molecule has 6 heteroatoms. The highest BCUT2D eigenvalue weighted by atomic mass is 16.2. The Morgan fingerprint density at radius 1 is 1.00 bits per heavy atom. The second-order valence-corrected chi connectivity index (χ2v) is 9.18. The van der Waals surface area contributed by atoms with Crippen LogP contribution in [0.3, 0.4) is 0 Å². The standard InChI is InChI=1S/C27H37N5O/c1-2-28-27(29-18-23-14-15-31(20-23)25-11-7-4-8-12-25)30-19-24-17-26(33)32(21-24)16-13-22-9-5-3-6-10-22/h3-12,23-24H,2,13-21H2,1H3,(H2,28,29,30). The van der Waals surface area contributed by atoms with E-state index in [1.807, 2.05) is 11.0 Å². The van der Waals surface area contributed by atoms with Gasteiger partial charge in [0.25, 0.3) is 0 Å². The normalized spacial score (nSPS) is 21.0. The fourth-order valence-corrected chi connectivity index (χ4v) is 4.78. The molecule has 4 rings (SSSR count). The Kier molecular flexibility index (Phi) is 8.23. The summed E-state index contributed by atoms with van der Waals surface area (Å²) in [5.41, 5.74) is 2.59. The Morgan fingerprint density at radius 3 is 2.52 bits per heavy atom. The summed E-state index contributed by atoms with van der Waals surface area (Å²) in [5.74, 6) is 2.03. The number of guanidine groups is 1. The highest BCUT2D eigenvalue weighted by Crippen LogP contribution is 2.23. The van der Waals surface area contributed by atoms with Gasteiger partial charge in [-0.3, -0.25) is 9.79 Å². The van der Waals surface area contributed by atoms with Gasteiger partial charge in [-0.05, 0) is 43.4 Å². The zero-order valence-electron chi connectivity index (χ0n) is 19.7. The van der Waals surface area contributed by atoms with Crippen molar-refractivity contribution < 1.29 is 4.79 Å². The highest BCUT2D eigenvalue weighted by Gasteiger charge is 2.29. The Morgan fingerprint density at radius 2 is 1.76 bits per heavy atom. The second-order valence-electron chi connectivity index (χ2n) is 9.18. The topological polar surface area (TPSA) is 60.0 Å². The van der Waals surface area contributed by atoms with Gasteiger partial charge in [0.1, 0.15) is 0 Å². The van der Waals surface area contributed by atoms with Crippen LogP contribution < -0.4 is 15.5 Å². The number of para-hydroxylation sites is 1. The molecule has 2 saturated heterocycles. The van der Waals surface area contributed by atoms with Crippen molar-refractivity contribution >= 4 is 17.6 Å². The van der Waals surface area contributed by atoms with Gasteiger partial charge in [0, 0.05) is 63.8 Å². The summed E-state index contributed by atoms with van der Waals surface area (Å²) in [6, 6.07) is 21.0. The van der Waals surface area contributed by atoms with Gasteiger partial charge in [-0.2, -0.15) is 0 Å². The number of amides is 1. The van der Waals surface area contributed by atoms with Crippen LogP contribution in [0.15, 0.2) is 65.7 Å². The summed E-state index contributed by atoms with van der Waals surface area (Å²) in [6.07, 6.45) is 2.70. The van der Waals surface area contributed by atoms with E-state index >= 15 is 0 Å². The molecule has 2 aliphatic rings. The van der Waals surface area contributed by atoms with Crippen molar-refractivity contribution in [2.75, 3.05) is 50.7 Å². The Hall–Kier alpha value is -3.02. The Bertz CT molecular complexity index is 901. The van der Waals surface area contributed by atoms with Crippen molar-refractivity contribution in [2.24, 2.45) is 16.8 Å². The molecule has 2 N–H and O–H groups in total. The molecular formula is C27H37N5O. The maximum atomic E-state index is 12.5. The van der Waals surface area contributed by atoms with Crippen LogP contribution in [0.1, 0.15) is 25.3 Å². The number of benzene rings is 2. The van der Waals surface area contributed by atoms with Crippen molar-refractivity contribution in [3.63, 3.8) is 0 Å². The molecule has 2 aromatic carbocycles. The SMILES string of the molecule is CCNC(=NCC1CC(=O)N(CCc2ccccc2)C1)NCC1CCN(c2ccccc2)C1. The number of hydrogen-bond donors (Lipinski definition) is 2. The first-order chi connectivity index (χ1) is 16.2. The van der Waals surface area contributed by atoms with Crippen molar-refractivity contribution in [3.05, 3.63) is 66.2 Å². The van der Waals surface area contributed by atoms with Crippen LogP contribution in [0, 0.1) is 11.8 Å². The summed E-state index contributed by atoms with van der Waals surface area (Å²) in [4.78, 5) is 21.8. The predicted molar refractivity (Wildman–Crippen MR) is 136 cm³/mol. The maximum Gasteiger partial charge on any atom is 0.223 e. The minimum absolute atomic E-state index is 0.260. The van der Waals surface area contributed by atoms with Crippen molar-refractivity contribution in [2.45, 2.75) is 26.2 Å². The van der Waals surface area contributed by atoms with E-state index in [0.29, 0.717) is 24.8 Å². The van der Waals surface area contributed by atoms with Gasteiger partial charge in [0.05, 0.1) is 0 Å². The zero-order chi connectivity index (χ0) is 22.9. The van der Waals surface area contributed by atoms with Crippen LogP contribution in [0.2, 0.25) is 0 Å². The molecule has 2 unspecified atom stereocenters. The molecule has 0 radical (unpaired) electrons. The molecule has 6 nitrogen and oxygen atoms in total. The third-order valence-corrected chi connectivity index (χ3v) is 6.63. The van der Waals surface area contributed by atoms with Crippen LogP contribution in [0.5, 0.6) is 0 Å². The number of carbonyl (C=O) groups is 1. The quantitative estimate of drug-likeness (QED) is 0.458. The summed E-state index contributed by atoms with van der Waals surface area (Å²) >= 11 is 0. The molecule has 1 amide bonds. The fourth-order valence-electron chi connectivity index (χ4n) is 4.78. The first-order valence-corrected chi connectivity index (χ1v) is 12.3. The van der Waals surface area contributed by atoms with Crippen LogP contribution in [-0.2, 0) is 11.2 Å². The van der Waals surface area contributed by atoms with E-state index < -0.39 is 0 Å². The van der Waals surface area contributed by atoms with Gasteiger partial charge in [0.2, 0.25) is 5.91 Å². The largest absolute Gasteiger partial charge is 0.371 e. The minimum Gasteiger partial charge on any atom is -0.371 e. The van der Waals surface area contributed by atoms with E-state index in [1.165, 1.54) is 17.7 Å². The average molecular weight is 448 g/mol. The van der Waals surface area contributed by atoms with Crippen LogP contribution >= 0.6 is 0 Å². The number of nitrogens with one attached hydrogen (secondary N) is 2. The van der Waals surface area contributed by atoms with Crippen molar-refractivity contribution in [1.29, 1.82) is 0 Å². The summed E-state index contributed by atoms with van der Waals surface area (Å²) in [6.45, 7) is 8.31. The molecule has 0 spiro atoms. The number of likely N-dealkylation sites (tertiary alicyclic amines) is 1. The molecule has 2 aromatic rings. The Balaban J connectivity index is 1.22. The molecule has 2 heterocycles. The Labute approximate surface area is 198 Å². The molecule has 33 heavy (non-hydrogen) atoms. The van der Waals surface area contributed by atoms with Gasteiger partial charge in [-0.1, -0.05) is 48.5 Å². The lowest BCUT2D eigenvalue weighted by molar-refractivity contribution is -0.127. The summed E-state index contributed by atoms with van der Waals surface area (Å²) < 4.78 is 0. The lowest BCUT2D eigenvalue weighted by Gasteiger charge is -2.19. The molecule has 2 fully saturated rings.